The average Bonchev–Trinajstić information content (AvgIpc) is 3.08. The smallest absolute Gasteiger partial charge is 0.263 e. The Hall–Kier alpha value is -3.55. The molecule has 0 fully saturated rings. The van der Waals surface area contributed by atoms with Gasteiger partial charge in [-0.3, -0.25) is 24.2 Å². The summed E-state index contributed by atoms with van der Waals surface area (Å²) in [6, 6.07) is 13.2. The highest BCUT2D eigenvalue weighted by atomic mass is 16.3. The molecule has 2 N–H and O–H groups in total. The van der Waals surface area contributed by atoms with Crippen LogP contribution < -0.4 is 4.90 Å². The van der Waals surface area contributed by atoms with Gasteiger partial charge in [0, 0.05) is 21.9 Å². The van der Waals surface area contributed by atoms with Crippen molar-refractivity contribution in [3.05, 3.63) is 70.8 Å². The van der Waals surface area contributed by atoms with E-state index in [0.29, 0.717) is 22.0 Å². The van der Waals surface area contributed by atoms with E-state index in [2.05, 4.69) is 20.8 Å². The van der Waals surface area contributed by atoms with Gasteiger partial charge >= 0.3 is 0 Å². The zero-order valence-electron chi connectivity index (χ0n) is 18.6. The van der Waals surface area contributed by atoms with Crippen LogP contribution in [-0.4, -0.2) is 52.1 Å². The third-order valence-corrected chi connectivity index (χ3v) is 6.45. The first-order chi connectivity index (χ1) is 15.7. The first-order valence-electron chi connectivity index (χ1n) is 10.8. The molecule has 0 bridgehead atoms. The van der Waals surface area contributed by atoms with Crippen molar-refractivity contribution in [1.82, 2.24) is 4.90 Å². The minimum absolute atomic E-state index is 0.211. The summed E-state index contributed by atoms with van der Waals surface area (Å²) < 4.78 is 0. The zero-order chi connectivity index (χ0) is 23.7. The van der Waals surface area contributed by atoms with E-state index in [1.165, 1.54) is 0 Å². The van der Waals surface area contributed by atoms with Gasteiger partial charge in [0.2, 0.25) is 0 Å². The molecule has 7 heteroatoms. The maximum absolute atomic E-state index is 13.6. The molecule has 0 saturated carbocycles. The number of benzene rings is 3. The Labute approximate surface area is 190 Å². The molecule has 0 atom stereocenters. The summed E-state index contributed by atoms with van der Waals surface area (Å²) in [6.07, 6.45) is 0. The fourth-order valence-electron chi connectivity index (χ4n) is 4.87. The van der Waals surface area contributed by atoms with Crippen LogP contribution in [0.2, 0.25) is 0 Å². The molecular formula is C26H24N2O5. The van der Waals surface area contributed by atoms with Crippen molar-refractivity contribution in [2.24, 2.45) is 0 Å². The van der Waals surface area contributed by atoms with E-state index in [1.54, 1.807) is 29.2 Å². The molecule has 33 heavy (non-hydrogen) atoms. The van der Waals surface area contributed by atoms with Gasteiger partial charge in [-0.05, 0) is 41.3 Å². The number of hydrogen-bond donors (Lipinski definition) is 2. The molecule has 0 saturated heterocycles. The lowest BCUT2D eigenvalue weighted by molar-refractivity contribution is 0.0375. The van der Waals surface area contributed by atoms with E-state index >= 15 is 0 Å². The zero-order valence-corrected chi connectivity index (χ0v) is 18.6. The molecule has 2 heterocycles. The minimum Gasteiger partial charge on any atom is -0.394 e. The Kier molecular flexibility index (Phi) is 4.67. The maximum atomic E-state index is 13.6. The Morgan fingerprint density at radius 2 is 1.27 bits per heavy atom. The van der Waals surface area contributed by atoms with Gasteiger partial charge in [0.05, 0.1) is 36.2 Å². The molecule has 2 aliphatic rings. The second-order valence-electron chi connectivity index (χ2n) is 9.45. The normalized spacial score (nSPS) is 15.4. The first kappa shape index (κ1) is 21.3. The van der Waals surface area contributed by atoms with Crippen molar-refractivity contribution >= 4 is 39.9 Å². The summed E-state index contributed by atoms with van der Waals surface area (Å²) >= 11 is 0. The number of imide groups is 1. The molecule has 3 amide bonds. The SMILES string of the molecule is CC(C)(C)c1ccccc1N1C(=O)c2ccc3c4c(ccc1c24)C(=O)N(C(CO)CO)C3=O. The van der Waals surface area contributed by atoms with Crippen LogP contribution in [-0.2, 0) is 5.41 Å². The van der Waals surface area contributed by atoms with Gasteiger partial charge in [0.1, 0.15) is 0 Å². The topological polar surface area (TPSA) is 98.2 Å². The van der Waals surface area contributed by atoms with Crippen LogP contribution in [0.3, 0.4) is 0 Å². The third kappa shape index (κ3) is 2.86. The second-order valence-corrected chi connectivity index (χ2v) is 9.45. The molecule has 0 spiro atoms. The highest BCUT2D eigenvalue weighted by Crippen LogP contribution is 2.47. The number of carbonyl (C=O) groups excluding carboxylic acids is 3. The van der Waals surface area contributed by atoms with Crippen LogP contribution in [0.15, 0.2) is 48.5 Å². The number of para-hydroxylation sites is 1. The number of aliphatic hydroxyl groups excluding tert-OH is 2. The summed E-state index contributed by atoms with van der Waals surface area (Å²) in [4.78, 5) is 42.6. The molecule has 0 radical (unpaired) electrons. The van der Waals surface area contributed by atoms with Crippen LogP contribution in [0.4, 0.5) is 11.4 Å². The number of hydrogen-bond acceptors (Lipinski definition) is 5. The predicted octanol–water partition coefficient (Wildman–Crippen LogP) is 3.38. The fraction of sp³-hybridized carbons (Fsp3) is 0.269. The summed E-state index contributed by atoms with van der Waals surface area (Å²) in [5.41, 5.74) is 3.16. The third-order valence-electron chi connectivity index (χ3n) is 6.45. The van der Waals surface area contributed by atoms with E-state index in [0.717, 1.165) is 16.2 Å². The minimum atomic E-state index is -1.03. The number of anilines is 2. The number of nitrogens with zero attached hydrogens (tertiary/aromatic N) is 2. The van der Waals surface area contributed by atoms with Crippen LogP contribution in [0.5, 0.6) is 0 Å². The molecular weight excluding hydrogens is 420 g/mol. The van der Waals surface area contributed by atoms with E-state index in [9.17, 15) is 24.6 Å². The van der Waals surface area contributed by atoms with Gasteiger partial charge in [-0.1, -0.05) is 39.0 Å². The highest BCUT2D eigenvalue weighted by Gasteiger charge is 2.42. The first-order valence-corrected chi connectivity index (χ1v) is 10.8. The number of amides is 3. The highest BCUT2D eigenvalue weighted by molar-refractivity contribution is 6.35. The van der Waals surface area contributed by atoms with Crippen molar-refractivity contribution in [2.75, 3.05) is 18.1 Å². The van der Waals surface area contributed by atoms with Crippen LogP contribution >= 0.6 is 0 Å². The maximum Gasteiger partial charge on any atom is 0.263 e. The fourth-order valence-corrected chi connectivity index (χ4v) is 4.87. The van der Waals surface area contributed by atoms with Gasteiger partial charge in [-0.15, -0.1) is 0 Å². The summed E-state index contributed by atoms with van der Waals surface area (Å²) in [5, 5.41) is 20.2. The molecule has 2 aliphatic heterocycles. The lowest BCUT2D eigenvalue weighted by atomic mass is 9.85. The molecule has 3 aromatic rings. The molecule has 3 aromatic carbocycles. The number of carbonyl (C=O) groups is 3. The Morgan fingerprint density at radius 3 is 1.85 bits per heavy atom. The molecule has 0 aliphatic carbocycles. The van der Waals surface area contributed by atoms with Crippen molar-refractivity contribution in [2.45, 2.75) is 32.2 Å². The van der Waals surface area contributed by atoms with Gasteiger partial charge in [-0.25, -0.2) is 0 Å². The van der Waals surface area contributed by atoms with Gasteiger partial charge < -0.3 is 10.2 Å². The van der Waals surface area contributed by atoms with Gasteiger partial charge in [-0.2, -0.15) is 0 Å². The predicted molar refractivity (Wildman–Crippen MR) is 124 cm³/mol. The van der Waals surface area contributed by atoms with E-state index in [1.807, 2.05) is 24.3 Å². The van der Waals surface area contributed by atoms with Crippen molar-refractivity contribution in [3.63, 3.8) is 0 Å². The second kappa shape index (κ2) is 7.23. The summed E-state index contributed by atoms with van der Waals surface area (Å²) in [6.45, 7) is 5.16. The van der Waals surface area contributed by atoms with Crippen LogP contribution in [0.1, 0.15) is 57.4 Å². The van der Waals surface area contributed by atoms with Crippen LogP contribution in [0, 0.1) is 0 Å². The lowest BCUT2D eigenvalue weighted by Crippen LogP contribution is -2.50. The number of rotatable bonds is 4. The van der Waals surface area contributed by atoms with Crippen molar-refractivity contribution in [1.29, 1.82) is 0 Å². The van der Waals surface area contributed by atoms with E-state index in [4.69, 9.17) is 0 Å². The van der Waals surface area contributed by atoms with E-state index < -0.39 is 31.1 Å². The summed E-state index contributed by atoms with van der Waals surface area (Å²) in [7, 11) is 0. The van der Waals surface area contributed by atoms with Crippen LogP contribution in [0.25, 0.3) is 10.8 Å². The standard InChI is InChI=1S/C26H24N2O5/c1-26(2,3)18-6-4-5-7-19(18)28-20-11-10-16-21-15(8-9-17(22(20)21)25(28)33)23(31)27(24(16)32)14(12-29)13-30/h4-11,14,29-30H,12-13H2,1-3H3. The Bertz CT molecular complexity index is 1330. The quantitative estimate of drug-likeness (QED) is 0.601. The monoisotopic (exact) mass is 444 g/mol. The van der Waals surface area contributed by atoms with Crippen molar-refractivity contribution < 1.29 is 24.6 Å². The Morgan fingerprint density at radius 1 is 0.727 bits per heavy atom. The van der Waals surface area contributed by atoms with Gasteiger partial charge in [0.15, 0.2) is 0 Å². The Balaban J connectivity index is 1.76. The number of aliphatic hydroxyl groups is 2. The summed E-state index contributed by atoms with van der Waals surface area (Å²) in [5.74, 6) is -1.40. The van der Waals surface area contributed by atoms with Crippen molar-refractivity contribution in [3.8, 4) is 0 Å². The molecule has 0 unspecified atom stereocenters. The average molecular weight is 444 g/mol. The molecule has 5 rings (SSSR count). The molecule has 7 nitrogen and oxygen atoms in total. The lowest BCUT2D eigenvalue weighted by Gasteiger charge is -2.32. The van der Waals surface area contributed by atoms with E-state index in [-0.39, 0.29) is 22.4 Å². The molecule has 168 valence electrons. The molecule has 0 aromatic heterocycles. The van der Waals surface area contributed by atoms with Gasteiger partial charge in [0.25, 0.3) is 17.7 Å². The largest absolute Gasteiger partial charge is 0.394 e.